The van der Waals surface area contributed by atoms with E-state index in [4.69, 9.17) is 17.4 Å². The molecule has 110 valence electrons. The second kappa shape index (κ2) is 6.49. The molecule has 1 atom stereocenters. The number of benzene rings is 2. The highest BCUT2D eigenvalue weighted by Crippen LogP contribution is 2.37. The standard InChI is InChI=1S/C17H18BrClN2/c18-14-8-9-15(16(19)10-14)17(21-20)13-6-4-12(5-7-13)11-2-1-3-11/h4-11,17,21H,1-3,20H2. The Bertz CT molecular complexity index is 623. The number of halogens is 2. The lowest BCUT2D eigenvalue weighted by Gasteiger charge is -2.26. The molecule has 0 aromatic heterocycles. The van der Waals surface area contributed by atoms with E-state index < -0.39 is 0 Å². The van der Waals surface area contributed by atoms with E-state index in [1.54, 1.807) is 0 Å². The summed E-state index contributed by atoms with van der Waals surface area (Å²) in [5.74, 6) is 6.51. The van der Waals surface area contributed by atoms with Gasteiger partial charge >= 0.3 is 0 Å². The molecule has 0 aliphatic heterocycles. The predicted octanol–water partition coefficient (Wildman–Crippen LogP) is 4.92. The summed E-state index contributed by atoms with van der Waals surface area (Å²) in [5, 5.41) is 0.704. The van der Waals surface area contributed by atoms with E-state index in [1.807, 2.05) is 18.2 Å². The summed E-state index contributed by atoms with van der Waals surface area (Å²) >= 11 is 9.77. The summed E-state index contributed by atoms with van der Waals surface area (Å²) in [7, 11) is 0. The Morgan fingerprint density at radius 1 is 1.14 bits per heavy atom. The fourth-order valence-corrected chi connectivity index (χ4v) is 3.59. The molecule has 0 bridgehead atoms. The first-order valence-corrected chi connectivity index (χ1v) is 8.37. The average Bonchev–Trinajstić information content (AvgIpc) is 2.42. The van der Waals surface area contributed by atoms with Gasteiger partial charge in [-0.1, -0.05) is 64.3 Å². The normalized spacial score (nSPS) is 16.5. The molecular formula is C17H18BrClN2. The van der Waals surface area contributed by atoms with E-state index in [1.165, 1.54) is 24.8 Å². The van der Waals surface area contributed by atoms with Gasteiger partial charge in [-0.15, -0.1) is 0 Å². The Hall–Kier alpha value is -0.870. The zero-order valence-corrected chi connectivity index (χ0v) is 14.0. The lowest BCUT2D eigenvalue weighted by Crippen LogP contribution is -2.29. The number of hydrogen-bond donors (Lipinski definition) is 2. The molecule has 1 unspecified atom stereocenters. The first-order chi connectivity index (χ1) is 10.2. The van der Waals surface area contributed by atoms with Gasteiger partial charge in [0.15, 0.2) is 0 Å². The van der Waals surface area contributed by atoms with Crippen molar-refractivity contribution >= 4 is 27.5 Å². The number of nitrogens with two attached hydrogens (primary N) is 1. The smallest absolute Gasteiger partial charge is 0.0724 e. The Kier molecular flexibility index (Phi) is 4.65. The van der Waals surface area contributed by atoms with Crippen LogP contribution in [0.3, 0.4) is 0 Å². The van der Waals surface area contributed by atoms with Gasteiger partial charge in [-0.25, -0.2) is 5.43 Å². The first-order valence-electron chi connectivity index (χ1n) is 7.20. The lowest BCUT2D eigenvalue weighted by atomic mass is 9.79. The van der Waals surface area contributed by atoms with E-state index in [0.717, 1.165) is 21.5 Å². The third-order valence-electron chi connectivity index (χ3n) is 4.29. The minimum absolute atomic E-state index is 0.0963. The van der Waals surface area contributed by atoms with Crippen LogP contribution >= 0.6 is 27.5 Å². The maximum atomic E-state index is 6.34. The van der Waals surface area contributed by atoms with Crippen LogP contribution in [0.2, 0.25) is 5.02 Å². The van der Waals surface area contributed by atoms with Gasteiger partial charge in [0.25, 0.3) is 0 Å². The summed E-state index contributed by atoms with van der Waals surface area (Å²) in [6.07, 6.45) is 3.99. The molecule has 0 saturated heterocycles. The van der Waals surface area contributed by atoms with Gasteiger partial charge in [0.1, 0.15) is 0 Å². The quantitative estimate of drug-likeness (QED) is 0.596. The second-order valence-corrected chi connectivity index (χ2v) is 6.88. The van der Waals surface area contributed by atoms with E-state index in [9.17, 15) is 0 Å². The molecule has 21 heavy (non-hydrogen) atoms. The van der Waals surface area contributed by atoms with Gasteiger partial charge in [-0.05, 0) is 47.6 Å². The van der Waals surface area contributed by atoms with E-state index >= 15 is 0 Å². The van der Waals surface area contributed by atoms with Crippen LogP contribution in [0.25, 0.3) is 0 Å². The molecular weight excluding hydrogens is 348 g/mol. The van der Waals surface area contributed by atoms with Gasteiger partial charge in [0.05, 0.1) is 6.04 Å². The number of rotatable bonds is 4. The molecule has 0 heterocycles. The van der Waals surface area contributed by atoms with Crippen molar-refractivity contribution in [2.24, 2.45) is 5.84 Å². The number of nitrogens with one attached hydrogen (secondary N) is 1. The van der Waals surface area contributed by atoms with Crippen LogP contribution in [0.15, 0.2) is 46.9 Å². The monoisotopic (exact) mass is 364 g/mol. The summed E-state index contributed by atoms with van der Waals surface area (Å²) in [6.45, 7) is 0. The Balaban J connectivity index is 1.88. The van der Waals surface area contributed by atoms with E-state index in [-0.39, 0.29) is 6.04 Å². The van der Waals surface area contributed by atoms with Crippen LogP contribution in [-0.2, 0) is 0 Å². The minimum atomic E-state index is -0.0963. The third-order valence-corrected chi connectivity index (χ3v) is 5.11. The number of hydrazine groups is 1. The molecule has 0 amide bonds. The van der Waals surface area contributed by atoms with Crippen LogP contribution in [0.5, 0.6) is 0 Å². The predicted molar refractivity (Wildman–Crippen MR) is 91.4 cm³/mol. The highest BCUT2D eigenvalue weighted by Gasteiger charge is 2.20. The molecule has 2 aromatic carbocycles. The van der Waals surface area contributed by atoms with Gasteiger partial charge in [-0.2, -0.15) is 0 Å². The molecule has 1 aliphatic carbocycles. The van der Waals surface area contributed by atoms with Crippen LogP contribution < -0.4 is 11.3 Å². The van der Waals surface area contributed by atoms with Crippen LogP contribution in [0, 0.1) is 0 Å². The molecule has 3 N–H and O–H groups in total. The SMILES string of the molecule is NNC(c1ccc(C2CCC2)cc1)c1ccc(Br)cc1Cl. The highest BCUT2D eigenvalue weighted by molar-refractivity contribution is 9.10. The van der Waals surface area contributed by atoms with E-state index in [0.29, 0.717) is 5.02 Å². The second-order valence-electron chi connectivity index (χ2n) is 5.56. The number of hydrogen-bond acceptors (Lipinski definition) is 2. The summed E-state index contributed by atoms with van der Waals surface area (Å²) in [5.41, 5.74) is 6.42. The maximum absolute atomic E-state index is 6.34. The van der Waals surface area contributed by atoms with Crippen LogP contribution in [0.1, 0.15) is 47.9 Å². The third kappa shape index (κ3) is 3.16. The molecule has 2 aromatic rings. The van der Waals surface area contributed by atoms with Crippen molar-refractivity contribution in [3.63, 3.8) is 0 Å². The van der Waals surface area contributed by atoms with Crippen molar-refractivity contribution in [1.82, 2.24) is 5.43 Å². The van der Waals surface area contributed by atoms with Crippen molar-refractivity contribution in [3.8, 4) is 0 Å². The topological polar surface area (TPSA) is 38.0 Å². The zero-order chi connectivity index (χ0) is 14.8. The molecule has 1 fully saturated rings. The van der Waals surface area contributed by atoms with Crippen molar-refractivity contribution in [3.05, 3.63) is 68.7 Å². The van der Waals surface area contributed by atoms with Crippen LogP contribution in [0.4, 0.5) is 0 Å². The van der Waals surface area contributed by atoms with Gasteiger partial charge in [0, 0.05) is 9.50 Å². The Labute approximate surface area is 138 Å². The first kappa shape index (κ1) is 15.0. The van der Waals surface area contributed by atoms with Gasteiger partial charge in [0.2, 0.25) is 0 Å². The summed E-state index contributed by atoms with van der Waals surface area (Å²) in [4.78, 5) is 0. The average molecular weight is 366 g/mol. The van der Waals surface area contributed by atoms with Crippen molar-refractivity contribution in [1.29, 1.82) is 0 Å². The van der Waals surface area contributed by atoms with Crippen molar-refractivity contribution in [2.75, 3.05) is 0 Å². The van der Waals surface area contributed by atoms with E-state index in [2.05, 4.69) is 45.6 Å². The molecule has 0 spiro atoms. The minimum Gasteiger partial charge on any atom is -0.271 e. The van der Waals surface area contributed by atoms with Gasteiger partial charge in [-0.3, -0.25) is 5.84 Å². The zero-order valence-electron chi connectivity index (χ0n) is 11.7. The molecule has 0 radical (unpaired) electrons. The van der Waals surface area contributed by atoms with Crippen LogP contribution in [-0.4, -0.2) is 0 Å². The fraction of sp³-hybridized carbons (Fsp3) is 0.294. The van der Waals surface area contributed by atoms with Crippen molar-refractivity contribution < 1.29 is 0 Å². The molecule has 2 nitrogen and oxygen atoms in total. The molecule has 3 rings (SSSR count). The van der Waals surface area contributed by atoms with Gasteiger partial charge < -0.3 is 0 Å². The maximum Gasteiger partial charge on any atom is 0.0724 e. The molecule has 1 aliphatic rings. The lowest BCUT2D eigenvalue weighted by molar-refractivity contribution is 0.419. The summed E-state index contributed by atoms with van der Waals surface area (Å²) < 4.78 is 0.965. The Morgan fingerprint density at radius 3 is 2.38 bits per heavy atom. The molecule has 4 heteroatoms. The summed E-state index contributed by atoms with van der Waals surface area (Å²) in [6, 6.07) is 14.5. The molecule has 1 saturated carbocycles. The fourth-order valence-electron chi connectivity index (χ4n) is 2.80. The Morgan fingerprint density at radius 2 is 1.86 bits per heavy atom. The van der Waals surface area contributed by atoms with Crippen molar-refractivity contribution in [2.45, 2.75) is 31.2 Å². The largest absolute Gasteiger partial charge is 0.271 e. The highest BCUT2D eigenvalue weighted by atomic mass is 79.9.